The van der Waals surface area contributed by atoms with Gasteiger partial charge in [-0.1, -0.05) is 0 Å². The summed E-state index contributed by atoms with van der Waals surface area (Å²) in [7, 11) is 0. The van der Waals surface area contributed by atoms with Crippen LogP contribution in [0.1, 0.15) is 30.5 Å². The molecule has 0 aromatic carbocycles. The first-order valence-corrected chi connectivity index (χ1v) is 8.37. The predicted molar refractivity (Wildman–Crippen MR) is 85.2 cm³/mol. The summed E-state index contributed by atoms with van der Waals surface area (Å²) in [5, 5.41) is 12.1. The van der Waals surface area contributed by atoms with Crippen molar-refractivity contribution in [3.8, 4) is 0 Å². The maximum Gasteiger partial charge on any atom is 0.251 e. The molecule has 3 heterocycles. The average Bonchev–Trinajstić information content (AvgIpc) is 2.83. The molecule has 1 aromatic rings. The summed E-state index contributed by atoms with van der Waals surface area (Å²) in [5.41, 5.74) is 2.04. The highest BCUT2D eigenvalue weighted by Gasteiger charge is 2.28. The molecular formula is C16H24N4O3. The van der Waals surface area contributed by atoms with Crippen molar-refractivity contribution in [3.63, 3.8) is 0 Å². The molecule has 2 aliphatic rings. The van der Waals surface area contributed by atoms with Crippen molar-refractivity contribution in [2.75, 3.05) is 38.2 Å². The van der Waals surface area contributed by atoms with Gasteiger partial charge < -0.3 is 20.1 Å². The molecule has 1 aromatic heterocycles. The monoisotopic (exact) mass is 320 g/mol. The van der Waals surface area contributed by atoms with E-state index in [-0.39, 0.29) is 18.6 Å². The number of hydrogen-bond acceptors (Lipinski definition) is 6. The van der Waals surface area contributed by atoms with Crippen molar-refractivity contribution < 1.29 is 14.6 Å². The molecule has 2 N–H and O–H groups in total. The summed E-state index contributed by atoms with van der Waals surface area (Å²) in [6.45, 7) is 2.53. The Morgan fingerprint density at radius 2 is 2.22 bits per heavy atom. The van der Waals surface area contributed by atoms with Crippen molar-refractivity contribution in [2.24, 2.45) is 0 Å². The van der Waals surface area contributed by atoms with Crippen LogP contribution in [0.15, 0.2) is 6.33 Å². The van der Waals surface area contributed by atoms with Gasteiger partial charge in [0.15, 0.2) is 0 Å². The summed E-state index contributed by atoms with van der Waals surface area (Å²) in [4.78, 5) is 23.2. The smallest absolute Gasteiger partial charge is 0.251 e. The van der Waals surface area contributed by atoms with Gasteiger partial charge in [-0.3, -0.25) is 4.79 Å². The van der Waals surface area contributed by atoms with Crippen molar-refractivity contribution >= 4 is 11.7 Å². The molecule has 1 amide bonds. The zero-order chi connectivity index (χ0) is 16.1. The van der Waals surface area contributed by atoms with E-state index in [0.29, 0.717) is 26.2 Å². The molecule has 23 heavy (non-hydrogen) atoms. The number of carbonyl (C=O) groups is 1. The number of rotatable bonds is 4. The van der Waals surface area contributed by atoms with E-state index in [1.165, 1.54) is 0 Å². The highest BCUT2D eigenvalue weighted by atomic mass is 16.5. The van der Waals surface area contributed by atoms with Gasteiger partial charge >= 0.3 is 0 Å². The Kier molecular flexibility index (Phi) is 5.40. The minimum Gasteiger partial charge on any atom is -0.395 e. The van der Waals surface area contributed by atoms with Crippen LogP contribution in [0.4, 0.5) is 5.82 Å². The van der Waals surface area contributed by atoms with Crippen LogP contribution >= 0.6 is 0 Å². The number of aliphatic hydroxyl groups excluding tert-OH is 1. The molecule has 1 atom stereocenters. The number of aliphatic hydroxyl groups is 1. The lowest BCUT2D eigenvalue weighted by Crippen LogP contribution is -2.43. The Morgan fingerprint density at radius 3 is 3.00 bits per heavy atom. The Labute approximate surface area is 136 Å². The van der Waals surface area contributed by atoms with Crippen LogP contribution in [0.5, 0.6) is 0 Å². The van der Waals surface area contributed by atoms with Crippen LogP contribution in [0.2, 0.25) is 0 Å². The van der Waals surface area contributed by atoms with Gasteiger partial charge in [-0.2, -0.15) is 0 Å². The molecule has 1 fully saturated rings. The molecule has 0 aliphatic carbocycles. The topological polar surface area (TPSA) is 87.6 Å². The van der Waals surface area contributed by atoms with Crippen LogP contribution in [-0.2, 0) is 22.4 Å². The number of nitrogens with one attached hydrogen (secondary N) is 1. The predicted octanol–water partition coefficient (Wildman–Crippen LogP) is 0.377. The maximum atomic E-state index is 12.6. The molecule has 0 spiro atoms. The number of aromatic nitrogens is 2. The number of amides is 1. The van der Waals surface area contributed by atoms with E-state index in [1.54, 1.807) is 6.33 Å². The van der Waals surface area contributed by atoms with Crippen molar-refractivity contribution in [3.05, 3.63) is 17.6 Å². The number of anilines is 1. The third-order valence-corrected chi connectivity index (χ3v) is 4.46. The molecule has 0 bridgehead atoms. The van der Waals surface area contributed by atoms with Crippen molar-refractivity contribution in [1.82, 2.24) is 14.9 Å². The van der Waals surface area contributed by atoms with Gasteiger partial charge in [0.25, 0.3) is 5.91 Å². The second kappa shape index (κ2) is 7.70. The fourth-order valence-corrected chi connectivity index (χ4v) is 3.21. The molecular weight excluding hydrogens is 296 g/mol. The minimum absolute atomic E-state index is 0.0579. The zero-order valence-corrected chi connectivity index (χ0v) is 13.3. The second-order valence-corrected chi connectivity index (χ2v) is 5.98. The quantitative estimate of drug-likeness (QED) is 0.834. The van der Waals surface area contributed by atoms with Crippen LogP contribution in [-0.4, -0.2) is 64.8 Å². The Hall–Kier alpha value is -1.73. The Bertz CT molecular complexity index is 546. The number of carbonyl (C=O) groups excluding carboxylic acids is 1. The third kappa shape index (κ3) is 3.79. The lowest BCUT2D eigenvalue weighted by atomic mass is 10.1. The van der Waals surface area contributed by atoms with Gasteiger partial charge in [-0.15, -0.1) is 0 Å². The number of ether oxygens (including phenoxy) is 1. The number of hydrogen-bond donors (Lipinski definition) is 2. The van der Waals surface area contributed by atoms with Gasteiger partial charge in [0, 0.05) is 38.2 Å². The van der Waals surface area contributed by atoms with E-state index in [0.717, 1.165) is 49.2 Å². The van der Waals surface area contributed by atoms with E-state index in [4.69, 9.17) is 9.84 Å². The molecule has 1 saturated heterocycles. The first-order chi connectivity index (χ1) is 11.3. The summed E-state index contributed by atoms with van der Waals surface area (Å²) in [6.07, 6.45) is 5.65. The summed E-state index contributed by atoms with van der Waals surface area (Å²) in [5.74, 6) is 0.877. The number of fused-ring (bicyclic) bond motifs is 1. The lowest BCUT2D eigenvalue weighted by molar-refractivity contribution is -0.146. The average molecular weight is 320 g/mol. The summed E-state index contributed by atoms with van der Waals surface area (Å²) < 4.78 is 5.63. The van der Waals surface area contributed by atoms with E-state index >= 15 is 0 Å². The van der Waals surface area contributed by atoms with Crippen LogP contribution in [0.25, 0.3) is 0 Å². The molecule has 0 radical (unpaired) electrons. The second-order valence-electron chi connectivity index (χ2n) is 5.98. The molecule has 3 rings (SSSR count). The van der Waals surface area contributed by atoms with Gasteiger partial charge in [-0.25, -0.2) is 9.97 Å². The van der Waals surface area contributed by atoms with Gasteiger partial charge in [0.2, 0.25) is 0 Å². The standard InChI is InChI=1S/C16H24N4O3/c21-9-6-17-15-12-4-7-20(8-5-13(12)18-11-19-15)16(22)14-3-1-2-10-23-14/h11,14,21H,1-10H2,(H,17,18,19)/t14-/m1/s1. The van der Waals surface area contributed by atoms with E-state index in [9.17, 15) is 4.79 Å². The minimum atomic E-state index is -0.275. The van der Waals surface area contributed by atoms with Crippen molar-refractivity contribution in [2.45, 2.75) is 38.2 Å². The first-order valence-electron chi connectivity index (χ1n) is 8.37. The largest absolute Gasteiger partial charge is 0.395 e. The van der Waals surface area contributed by atoms with E-state index in [2.05, 4.69) is 15.3 Å². The maximum absolute atomic E-state index is 12.6. The highest BCUT2D eigenvalue weighted by Crippen LogP contribution is 2.22. The van der Waals surface area contributed by atoms with Crippen LogP contribution < -0.4 is 5.32 Å². The Balaban J connectivity index is 1.68. The van der Waals surface area contributed by atoms with Crippen LogP contribution in [0.3, 0.4) is 0 Å². The highest BCUT2D eigenvalue weighted by molar-refractivity contribution is 5.81. The molecule has 7 nitrogen and oxygen atoms in total. The summed E-state index contributed by atoms with van der Waals surface area (Å²) in [6, 6.07) is 0. The number of nitrogens with zero attached hydrogens (tertiary/aromatic N) is 3. The molecule has 0 saturated carbocycles. The Morgan fingerprint density at radius 1 is 1.35 bits per heavy atom. The van der Waals surface area contributed by atoms with E-state index in [1.807, 2.05) is 4.90 Å². The normalized spacial score (nSPS) is 21.4. The molecule has 2 aliphatic heterocycles. The van der Waals surface area contributed by atoms with Crippen molar-refractivity contribution in [1.29, 1.82) is 0 Å². The molecule has 126 valence electrons. The van der Waals surface area contributed by atoms with E-state index < -0.39 is 0 Å². The van der Waals surface area contributed by atoms with Crippen LogP contribution in [0, 0.1) is 0 Å². The zero-order valence-electron chi connectivity index (χ0n) is 13.3. The fraction of sp³-hybridized carbons (Fsp3) is 0.688. The molecule has 0 unspecified atom stereocenters. The van der Waals surface area contributed by atoms with Gasteiger partial charge in [-0.05, 0) is 25.7 Å². The van der Waals surface area contributed by atoms with Gasteiger partial charge in [0.1, 0.15) is 18.2 Å². The summed E-state index contributed by atoms with van der Waals surface area (Å²) >= 11 is 0. The third-order valence-electron chi connectivity index (χ3n) is 4.46. The first kappa shape index (κ1) is 16.1. The molecule has 7 heteroatoms. The lowest BCUT2D eigenvalue weighted by Gasteiger charge is -2.28. The fourth-order valence-electron chi connectivity index (χ4n) is 3.21. The SMILES string of the molecule is O=C([C@H]1CCCCO1)N1CCc2ncnc(NCCO)c2CC1. The van der Waals surface area contributed by atoms with Gasteiger partial charge in [0.05, 0.1) is 12.3 Å².